The molecule has 0 aliphatic rings. The van der Waals surface area contributed by atoms with Crippen LogP contribution in [-0.4, -0.2) is 36.8 Å². The summed E-state index contributed by atoms with van der Waals surface area (Å²) in [5.74, 6) is 0.441. The summed E-state index contributed by atoms with van der Waals surface area (Å²) in [5, 5.41) is 3.09. The van der Waals surface area contributed by atoms with Gasteiger partial charge >= 0.3 is 0 Å². The number of anilines is 1. The van der Waals surface area contributed by atoms with Gasteiger partial charge in [0.15, 0.2) is 0 Å². The van der Waals surface area contributed by atoms with Gasteiger partial charge in [-0.2, -0.15) is 4.31 Å². The maximum Gasteiger partial charge on any atom is 0.246 e. The molecule has 1 rings (SSSR count). The highest BCUT2D eigenvalue weighted by atomic mass is 32.2. The normalized spacial score (nSPS) is 12.1. The van der Waals surface area contributed by atoms with Crippen LogP contribution in [0.2, 0.25) is 0 Å². The number of sulfonamides is 1. The standard InChI is InChI=1S/C14H25N3O2S/c1-5-9-15-14-13(8-7-10-16-14)20(18,19)17(11-6-2)12(3)4/h7-8,10,12H,5-6,9,11H2,1-4H3,(H,15,16). The van der Waals surface area contributed by atoms with Gasteiger partial charge in [0.2, 0.25) is 10.0 Å². The van der Waals surface area contributed by atoms with Crippen molar-refractivity contribution < 1.29 is 8.42 Å². The van der Waals surface area contributed by atoms with Crippen molar-refractivity contribution in [3.8, 4) is 0 Å². The molecule has 0 bridgehead atoms. The van der Waals surface area contributed by atoms with Gasteiger partial charge in [0.1, 0.15) is 10.7 Å². The van der Waals surface area contributed by atoms with Gasteiger partial charge in [-0.05, 0) is 38.8 Å². The summed E-state index contributed by atoms with van der Waals surface area (Å²) in [7, 11) is -3.52. The maximum absolute atomic E-state index is 12.8. The summed E-state index contributed by atoms with van der Waals surface area (Å²) in [6.45, 7) is 9.01. The van der Waals surface area contributed by atoms with Gasteiger partial charge in [-0.1, -0.05) is 13.8 Å². The summed E-state index contributed by atoms with van der Waals surface area (Å²) in [6, 6.07) is 3.21. The Hall–Kier alpha value is -1.14. The van der Waals surface area contributed by atoms with Gasteiger partial charge < -0.3 is 5.32 Å². The van der Waals surface area contributed by atoms with Gasteiger partial charge in [-0.15, -0.1) is 0 Å². The van der Waals surface area contributed by atoms with Crippen molar-refractivity contribution in [2.24, 2.45) is 0 Å². The topological polar surface area (TPSA) is 62.3 Å². The molecule has 5 nitrogen and oxygen atoms in total. The maximum atomic E-state index is 12.8. The Morgan fingerprint density at radius 1 is 1.30 bits per heavy atom. The van der Waals surface area contributed by atoms with Crippen LogP contribution in [0, 0.1) is 0 Å². The van der Waals surface area contributed by atoms with E-state index < -0.39 is 10.0 Å². The number of aromatic nitrogens is 1. The van der Waals surface area contributed by atoms with E-state index >= 15 is 0 Å². The second-order valence-electron chi connectivity index (χ2n) is 4.99. The Bertz CT molecular complexity index is 515. The molecule has 0 aliphatic heterocycles. The molecule has 0 aliphatic carbocycles. The lowest BCUT2D eigenvalue weighted by Gasteiger charge is -2.26. The first-order chi connectivity index (χ1) is 9.45. The second kappa shape index (κ2) is 7.59. The summed E-state index contributed by atoms with van der Waals surface area (Å²) in [4.78, 5) is 4.43. The zero-order valence-electron chi connectivity index (χ0n) is 12.8. The average molecular weight is 299 g/mol. The summed E-state index contributed by atoms with van der Waals surface area (Å²) in [5.41, 5.74) is 0. The molecule has 0 aromatic carbocycles. The minimum atomic E-state index is -3.52. The number of nitrogens with one attached hydrogen (secondary N) is 1. The largest absolute Gasteiger partial charge is 0.369 e. The van der Waals surface area contributed by atoms with Crippen LogP contribution in [-0.2, 0) is 10.0 Å². The molecule has 1 aromatic rings. The molecule has 6 heteroatoms. The van der Waals surface area contributed by atoms with Crippen LogP contribution in [0.5, 0.6) is 0 Å². The van der Waals surface area contributed by atoms with Crippen molar-refractivity contribution in [1.29, 1.82) is 0 Å². The van der Waals surface area contributed by atoms with Crippen LogP contribution < -0.4 is 5.32 Å². The van der Waals surface area contributed by atoms with Crippen LogP contribution >= 0.6 is 0 Å². The number of pyridine rings is 1. The molecule has 0 saturated heterocycles. The average Bonchev–Trinajstić information content (AvgIpc) is 2.42. The molecule has 1 N–H and O–H groups in total. The fourth-order valence-electron chi connectivity index (χ4n) is 1.98. The fraction of sp³-hybridized carbons (Fsp3) is 0.643. The molecule has 0 saturated carbocycles. The van der Waals surface area contributed by atoms with Gasteiger partial charge in [0.05, 0.1) is 0 Å². The molecular weight excluding hydrogens is 274 g/mol. The van der Waals surface area contributed by atoms with E-state index in [1.807, 2.05) is 27.7 Å². The lowest BCUT2D eigenvalue weighted by Crippen LogP contribution is -2.37. The number of hydrogen-bond acceptors (Lipinski definition) is 4. The zero-order chi connectivity index (χ0) is 15.2. The zero-order valence-corrected chi connectivity index (χ0v) is 13.6. The monoisotopic (exact) mass is 299 g/mol. The van der Waals surface area contributed by atoms with Gasteiger partial charge in [0.25, 0.3) is 0 Å². The third-order valence-corrected chi connectivity index (χ3v) is 5.03. The highest BCUT2D eigenvalue weighted by Crippen LogP contribution is 2.24. The van der Waals surface area contributed by atoms with Crippen molar-refractivity contribution >= 4 is 15.8 Å². The molecule has 0 spiro atoms. The first-order valence-corrected chi connectivity index (χ1v) is 8.59. The molecule has 20 heavy (non-hydrogen) atoms. The van der Waals surface area contributed by atoms with Crippen LogP contribution in [0.4, 0.5) is 5.82 Å². The van der Waals surface area contributed by atoms with E-state index in [9.17, 15) is 8.42 Å². The summed E-state index contributed by atoms with van der Waals surface area (Å²) in [6.07, 6.45) is 3.31. The molecule has 0 fully saturated rings. The lowest BCUT2D eigenvalue weighted by atomic mass is 10.4. The van der Waals surface area contributed by atoms with E-state index in [1.165, 1.54) is 4.31 Å². The van der Waals surface area contributed by atoms with Crippen molar-refractivity contribution in [1.82, 2.24) is 9.29 Å². The third-order valence-electron chi connectivity index (χ3n) is 2.92. The second-order valence-corrected chi connectivity index (χ2v) is 6.85. The predicted octanol–water partition coefficient (Wildman–Crippen LogP) is 2.71. The molecular formula is C14H25N3O2S. The Morgan fingerprint density at radius 3 is 2.55 bits per heavy atom. The number of hydrogen-bond donors (Lipinski definition) is 1. The molecule has 1 aromatic heterocycles. The molecule has 0 radical (unpaired) electrons. The smallest absolute Gasteiger partial charge is 0.246 e. The Labute approximate surface area is 122 Å². The molecule has 0 amide bonds. The Kier molecular flexibility index (Phi) is 6.42. The van der Waals surface area contributed by atoms with E-state index in [-0.39, 0.29) is 10.9 Å². The minimum absolute atomic E-state index is 0.0702. The fourth-order valence-corrected chi connectivity index (χ4v) is 3.83. The van der Waals surface area contributed by atoms with Crippen LogP contribution in [0.25, 0.3) is 0 Å². The van der Waals surface area contributed by atoms with Crippen LogP contribution in [0.1, 0.15) is 40.5 Å². The molecule has 0 atom stereocenters. The third kappa shape index (κ3) is 3.93. The SMILES string of the molecule is CCCNc1ncccc1S(=O)(=O)N(CCC)C(C)C. The van der Waals surface area contributed by atoms with Gasteiger partial charge in [0, 0.05) is 25.3 Å². The quantitative estimate of drug-likeness (QED) is 0.801. The summed E-state index contributed by atoms with van der Waals surface area (Å²) >= 11 is 0. The summed E-state index contributed by atoms with van der Waals surface area (Å²) < 4.78 is 27.1. The minimum Gasteiger partial charge on any atom is -0.369 e. The van der Waals surface area contributed by atoms with Gasteiger partial charge in [-0.25, -0.2) is 13.4 Å². The highest BCUT2D eigenvalue weighted by Gasteiger charge is 2.28. The predicted molar refractivity (Wildman–Crippen MR) is 82.3 cm³/mol. The van der Waals surface area contributed by atoms with E-state index in [4.69, 9.17) is 0 Å². The van der Waals surface area contributed by atoms with Crippen molar-refractivity contribution in [2.75, 3.05) is 18.4 Å². The number of nitrogens with zero attached hydrogens (tertiary/aromatic N) is 2. The Morgan fingerprint density at radius 2 is 2.00 bits per heavy atom. The van der Waals surface area contributed by atoms with E-state index in [0.29, 0.717) is 18.9 Å². The van der Waals surface area contributed by atoms with Crippen molar-refractivity contribution in [3.63, 3.8) is 0 Å². The molecule has 114 valence electrons. The molecule has 0 unspecified atom stereocenters. The highest BCUT2D eigenvalue weighted by molar-refractivity contribution is 7.89. The van der Waals surface area contributed by atoms with E-state index in [0.717, 1.165) is 12.8 Å². The van der Waals surface area contributed by atoms with Crippen molar-refractivity contribution in [2.45, 2.75) is 51.5 Å². The van der Waals surface area contributed by atoms with Crippen molar-refractivity contribution in [3.05, 3.63) is 18.3 Å². The number of rotatable bonds is 8. The van der Waals surface area contributed by atoms with E-state index in [2.05, 4.69) is 10.3 Å². The molecule has 1 heterocycles. The van der Waals surface area contributed by atoms with Crippen LogP contribution in [0.3, 0.4) is 0 Å². The van der Waals surface area contributed by atoms with E-state index in [1.54, 1.807) is 18.3 Å². The first kappa shape index (κ1) is 16.9. The lowest BCUT2D eigenvalue weighted by molar-refractivity contribution is 0.354. The van der Waals surface area contributed by atoms with Crippen LogP contribution in [0.15, 0.2) is 23.2 Å². The van der Waals surface area contributed by atoms with Gasteiger partial charge in [-0.3, -0.25) is 0 Å². The first-order valence-electron chi connectivity index (χ1n) is 7.15. The Balaban J connectivity index is 3.19.